The van der Waals surface area contributed by atoms with E-state index in [0.29, 0.717) is 31.2 Å². The molecule has 2 aromatic rings. The van der Waals surface area contributed by atoms with Crippen molar-refractivity contribution in [1.82, 2.24) is 0 Å². The van der Waals surface area contributed by atoms with Gasteiger partial charge in [0.05, 0.1) is 25.2 Å². The molecule has 0 saturated heterocycles. The average molecular weight is 395 g/mol. The van der Waals surface area contributed by atoms with Crippen LogP contribution in [0.1, 0.15) is 49.7 Å². The number of aliphatic carboxylic acids is 1. The van der Waals surface area contributed by atoms with Crippen LogP contribution in [0.25, 0.3) is 0 Å². The standard InChI is InChI=1S/C25H30O4/c1-17(25(26)27)24(20-10-11-20)21-8-5-9-22(14-21)28-16-19-12-23(13-19)29-15-18-6-3-2-4-7-18/h2-9,14,17,19-20,23-24H,10-13,15-16H2,1H3,(H,26,27). The SMILES string of the molecule is CC(C(=O)O)C(c1cccc(OCC2CC(OCc3ccccc3)C2)c1)C1CC1. The first-order valence-corrected chi connectivity index (χ1v) is 10.7. The van der Waals surface area contributed by atoms with Gasteiger partial charge in [0.1, 0.15) is 5.75 Å². The van der Waals surface area contributed by atoms with E-state index < -0.39 is 5.97 Å². The highest BCUT2D eigenvalue weighted by Gasteiger charge is 2.38. The third-order valence-corrected chi connectivity index (χ3v) is 6.31. The molecule has 0 aliphatic heterocycles. The van der Waals surface area contributed by atoms with Crippen molar-refractivity contribution in [2.45, 2.75) is 51.2 Å². The van der Waals surface area contributed by atoms with Crippen molar-refractivity contribution in [2.75, 3.05) is 6.61 Å². The highest BCUT2D eigenvalue weighted by molar-refractivity contribution is 5.71. The smallest absolute Gasteiger partial charge is 0.306 e. The molecule has 2 saturated carbocycles. The second-order valence-corrected chi connectivity index (χ2v) is 8.63. The zero-order valence-corrected chi connectivity index (χ0v) is 17.0. The molecule has 1 N–H and O–H groups in total. The number of hydrogen-bond acceptors (Lipinski definition) is 3. The Labute approximate surface area is 172 Å². The van der Waals surface area contributed by atoms with Crippen LogP contribution in [0.5, 0.6) is 5.75 Å². The number of carbonyl (C=O) groups is 1. The van der Waals surface area contributed by atoms with E-state index in [1.54, 1.807) is 0 Å². The van der Waals surface area contributed by atoms with E-state index in [2.05, 4.69) is 12.1 Å². The van der Waals surface area contributed by atoms with Crippen LogP contribution >= 0.6 is 0 Å². The van der Waals surface area contributed by atoms with Gasteiger partial charge in [-0.3, -0.25) is 4.79 Å². The third-order valence-electron chi connectivity index (χ3n) is 6.31. The van der Waals surface area contributed by atoms with Gasteiger partial charge in [-0.1, -0.05) is 49.4 Å². The molecule has 0 bridgehead atoms. The summed E-state index contributed by atoms with van der Waals surface area (Å²) in [4.78, 5) is 11.5. The fourth-order valence-corrected chi connectivity index (χ4v) is 4.34. The highest BCUT2D eigenvalue weighted by atomic mass is 16.5. The fourth-order valence-electron chi connectivity index (χ4n) is 4.34. The lowest BCUT2D eigenvalue weighted by molar-refractivity contribution is -0.142. The number of rotatable bonds is 10. The lowest BCUT2D eigenvalue weighted by Gasteiger charge is -2.35. The third kappa shape index (κ3) is 5.18. The van der Waals surface area contributed by atoms with Gasteiger partial charge in [-0.25, -0.2) is 0 Å². The normalized spacial score (nSPS) is 23.1. The number of hydrogen-bond donors (Lipinski definition) is 1. The molecule has 4 rings (SSSR count). The Morgan fingerprint density at radius 2 is 1.86 bits per heavy atom. The van der Waals surface area contributed by atoms with Crippen LogP contribution in [0.2, 0.25) is 0 Å². The van der Waals surface area contributed by atoms with Crippen molar-refractivity contribution in [2.24, 2.45) is 17.8 Å². The van der Waals surface area contributed by atoms with Crippen LogP contribution < -0.4 is 4.74 Å². The van der Waals surface area contributed by atoms with Crippen LogP contribution in [0.4, 0.5) is 0 Å². The lowest BCUT2D eigenvalue weighted by Crippen LogP contribution is -2.34. The second-order valence-electron chi connectivity index (χ2n) is 8.63. The maximum Gasteiger partial charge on any atom is 0.306 e. The van der Waals surface area contributed by atoms with Gasteiger partial charge in [0.2, 0.25) is 0 Å². The summed E-state index contributed by atoms with van der Waals surface area (Å²) in [6.45, 7) is 3.19. The summed E-state index contributed by atoms with van der Waals surface area (Å²) < 4.78 is 12.0. The first kappa shape index (κ1) is 20.0. The monoisotopic (exact) mass is 394 g/mol. The molecule has 2 aliphatic rings. The van der Waals surface area contributed by atoms with Crippen molar-refractivity contribution in [3.63, 3.8) is 0 Å². The summed E-state index contributed by atoms with van der Waals surface area (Å²) in [5, 5.41) is 9.47. The second kappa shape index (κ2) is 9.00. The molecule has 0 aromatic heterocycles. The van der Waals surface area contributed by atoms with E-state index >= 15 is 0 Å². The summed E-state index contributed by atoms with van der Waals surface area (Å²) in [5.74, 6) is 0.855. The molecule has 2 aromatic carbocycles. The largest absolute Gasteiger partial charge is 0.493 e. The van der Waals surface area contributed by atoms with Crippen molar-refractivity contribution in [3.05, 3.63) is 65.7 Å². The molecular formula is C25H30O4. The predicted molar refractivity (Wildman–Crippen MR) is 112 cm³/mol. The first-order chi connectivity index (χ1) is 14.1. The van der Waals surface area contributed by atoms with E-state index in [-0.39, 0.29) is 11.8 Å². The summed E-state index contributed by atoms with van der Waals surface area (Å²) in [6.07, 6.45) is 4.64. The van der Waals surface area contributed by atoms with E-state index in [0.717, 1.165) is 37.0 Å². The number of carboxylic acids is 1. The molecule has 154 valence electrons. The first-order valence-electron chi connectivity index (χ1n) is 10.7. The number of benzene rings is 2. The van der Waals surface area contributed by atoms with Crippen LogP contribution in [-0.2, 0) is 16.1 Å². The Morgan fingerprint density at radius 3 is 2.55 bits per heavy atom. The van der Waals surface area contributed by atoms with Crippen molar-refractivity contribution in [1.29, 1.82) is 0 Å². The minimum atomic E-state index is -0.718. The molecular weight excluding hydrogens is 364 g/mol. The van der Waals surface area contributed by atoms with Gasteiger partial charge in [0.15, 0.2) is 0 Å². The van der Waals surface area contributed by atoms with E-state index in [1.807, 2.05) is 49.4 Å². The van der Waals surface area contributed by atoms with Gasteiger partial charge < -0.3 is 14.6 Å². The topological polar surface area (TPSA) is 55.8 Å². The summed E-state index contributed by atoms with van der Waals surface area (Å²) in [6, 6.07) is 18.3. The van der Waals surface area contributed by atoms with Crippen molar-refractivity contribution < 1.29 is 19.4 Å². The van der Waals surface area contributed by atoms with Crippen molar-refractivity contribution >= 4 is 5.97 Å². The molecule has 2 aliphatic carbocycles. The van der Waals surface area contributed by atoms with Crippen LogP contribution in [0.15, 0.2) is 54.6 Å². The van der Waals surface area contributed by atoms with E-state index in [1.165, 1.54) is 5.56 Å². The minimum absolute atomic E-state index is 0.0792. The molecule has 2 unspecified atom stereocenters. The molecule has 2 atom stereocenters. The lowest BCUT2D eigenvalue weighted by atomic mass is 9.82. The Morgan fingerprint density at radius 1 is 1.10 bits per heavy atom. The van der Waals surface area contributed by atoms with Crippen LogP contribution in [-0.4, -0.2) is 23.8 Å². The Bertz CT molecular complexity index is 809. The van der Waals surface area contributed by atoms with Gasteiger partial charge in [0.25, 0.3) is 0 Å². The van der Waals surface area contributed by atoms with Gasteiger partial charge in [-0.15, -0.1) is 0 Å². The zero-order chi connectivity index (χ0) is 20.2. The number of carboxylic acid groups (broad SMARTS) is 1. The predicted octanol–water partition coefficient (Wildman–Crippen LogP) is 5.28. The molecule has 4 nitrogen and oxygen atoms in total. The molecule has 2 fully saturated rings. The molecule has 0 heterocycles. The Balaban J connectivity index is 1.25. The molecule has 29 heavy (non-hydrogen) atoms. The average Bonchev–Trinajstić information content (AvgIpc) is 3.52. The molecule has 0 spiro atoms. The summed E-state index contributed by atoms with van der Waals surface area (Å²) in [7, 11) is 0. The van der Waals surface area contributed by atoms with Gasteiger partial charge in [-0.05, 0) is 66.7 Å². The Hall–Kier alpha value is -2.33. The minimum Gasteiger partial charge on any atom is -0.493 e. The molecule has 4 heteroatoms. The van der Waals surface area contributed by atoms with Gasteiger partial charge in [0, 0.05) is 0 Å². The van der Waals surface area contributed by atoms with E-state index in [9.17, 15) is 9.90 Å². The summed E-state index contributed by atoms with van der Waals surface area (Å²) in [5.41, 5.74) is 2.31. The zero-order valence-electron chi connectivity index (χ0n) is 17.0. The Kier molecular flexibility index (Phi) is 6.19. The maximum absolute atomic E-state index is 11.5. The fraction of sp³-hybridized carbons (Fsp3) is 0.480. The quantitative estimate of drug-likeness (QED) is 0.596. The highest BCUT2D eigenvalue weighted by Crippen LogP contribution is 2.47. The summed E-state index contributed by atoms with van der Waals surface area (Å²) >= 11 is 0. The van der Waals surface area contributed by atoms with Gasteiger partial charge in [-0.2, -0.15) is 0 Å². The molecule has 0 amide bonds. The number of ether oxygens (including phenoxy) is 2. The van der Waals surface area contributed by atoms with E-state index in [4.69, 9.17) is 9.47 Å². The van der Waals surface area contributed by atoms with Gasteiger partial charge >= 0.3 is 5.97 Å². The van der Waals surface area contributed by atoms with Crippen LogP contribution in [0, 0.1) is 17.8 Å². The maximum atomic E-state index is 11.5. The molecule has 0 radical (unpaired) electrons. The van der Waals surface area contributed by atoms with Crippen molar-refractivity contribution in [3.8, 4) is 5.75 Å². The van der Waals surface area contributed by atoms with Crippen LogP contribution in [0.3, 0.4) is 0 Å².